The maximum Gasteiger partial charge on any atom is 0.137 e. The molecule has 1 atom stereocenters. The van der Waals surface area contributed by atoms with Crippen LogP contribution in [0, 0.1) is 5.92 Å². The fourth-order valence-electron chi connectivity index (χ4n) is 1.86. The Morgan fingerprint density at radius 3 is 2.65 bits per heavy atom. The van der Waals surface area contributed by atoms with Crippen LogP contribution in [0.5, 0.6) is 5.75 Å². The van der Waals surface area contributed by atoms with Gasteiger partial charge in [0.1, 0.15) is 5.75 Å². The molecule has 96 valence electrons. The SMILES string of the molecule is CCCOc1cncc(C(NCC)C(C)C)c1. The molecule has 1 aromatic heterocycles. The highest BCUT2D eigenvalue weighted by Gasteiger charge is 2.15. The largest absolute Gasteiger partial charge is 0.492 e. The molecule has 17 heavy (non-hydrogen) atoms. The zero-order valence-electron chi connectivity index (χ0n) is 11.4. The van der Waals surface area contributed by atoms with E-state index in [2.05, 4.69) is 44.1 Å². The topological polar surface area (TPSA) is 34.1 Å². The van der Waals surface area contributed by atoms with Crippen molar-refractivity contribution in [3.8, 4) is 5.75 Å². The molecule has 0 aromatic carbocycles. The van der Waals surface area contributed by atoms with E-state index in [1.807, 2.05) is 6.20 Å². The highest BCUT2D eigenvalue weighted by molar-refractivity contribution is 5.26. The Balaban J connectivity index is 2.80. The first-order valence-corrected chi connectivity index (χ1v) is 6.50. The molecule has 1 unspecified atom stereocenters. The van der Waals surface area contributed by atoms with Crippen molar-refractivity contribution >= 4 is 0 Å². The minimum absolute atomic E-state index is 0.345. The minimum atomic E-state index is 0.345. The average molecular weight is 236 g/mol. The average Bonchev–Trinajstić information content (AvgIpc) is 2.33. The molecule has 1 heterocycles. The van der Waals surface area contributed by atoms with Crippen LogP contribution in [0.4, 0.5) is 0 Å². The lowest BCUT2D eigenvalue weighted by Crippen LogP contribution is -2.25. The molecule has 0 bridgehead atoms. The summed E-state index contributed by atoms with van der Waals surface area (Å²) in [6.07, 6.45) is 4.72. The molecule has 0 spiro atoms. The molecule has 0 aliphatic carbocycles. The number of hydrogen-bond donors (Lipinski definition) is 1. The first-order chi connectivity index (χ1) is 8.19. The van der Waals surface area contributed by atoms with Crippen LogP contribution in [0.25, 0.3) is 0 Å². The van der Waals surface area contributed by atoms with Gasteiger partial charge in [-0.15, -0.1) is 0 Å². The van der Waals surface area contributed by atoms with E-state index in [-0.39, 0.29) is 0 Å². The van der Waals surface area contributed by atoms with Gasteiger partial charge in [0.05, 0.1) is 12.8 Å². The molecular weight excluding hydrogens is 212 g/mol. The minimum Gasteiger partial charge on any atom is -0.492 e. The van der Waals surface area contributed by atoms with E-state index in [1.54, 1.807) is 6.20 Å². The molecule has 0 saturated carbocycles. The van der Waals surface area contributed by atoms with Gasteiger partial charge in [0, 0.05) is 12.2 Å². The van der Waals surface area contributed by atoms with E-state index in [4.69, 9.17) is 4.74 Å². The lowest BCUT2D eigenvalue weighted by atomic mass is 9.97. The Labute approximate surface area is 105 Å². The monoisotopic (exact) mass is 236 g/mol. The van der Waals surface area contributed by atoms with Gasteiger partial charge in [-0.1, -0.05) is 27.7 Å². The summed E-state index contributed by atoms with van der Waals surface area (Å²) in [7, 11) is 0. The van der Waals surface area contributed by atoms with Gasteiger partial charge in [0.2, 0.25) is 0 Å². The Kier molecular flexibility index (Phi) is 5.98. The van der Waals surface area contributed by atoms with E-state index in [0.29, 0.717) is 12.0 Å². The van der Waals surface area contributed by atoms with Crippen molar-refractivity contribution in [2.24, 2.45) is 5.92 Å². The second-order valence-corrected chi connectivity index (χ2v) is 4.58. The fraction of sp³-hybridized carbons (Fsp3) is 0.643. The quantitative estimate of drug-likeness (QED) is 0.789. The van der Waals surface area contributed by atoms with E-state index >= 15 is 0 Å². The van der Waals surface area contributed by atoms with Gasteiger partial charge in [0.25, 0.3) is 0 Å². The van der Waals surface area contributed by atoms with Gasteiger partial charge in [-0.2, -0.15) is 0 Å². The summed E-state index contributed by atoms with van der Waals surface area (Å²) in [4.78, 5) is 4.26. The Morgan fingerprint density at radius 2 is 2.06 bits per heavy atom. The molecule has 0 aliphatic rings. The Morgan fingerprint density at radius 1 is 1.29 bits per heavy atom. The van der Waals surface area contributed by atoms with Crippen molar-refractivity contribution in [2.45, 2.75) is 40.2 Å². The number of pyridine rings is 1. The van der Waals surface area contributed by atoms with Crippen molar-refractivity contribution in [1.29, 1.82) is 0 Å². The second kappa shape index (κ2) is 7.28. The molecule has 1 rings (SSSR count). The molecule has 1 N–H and O–H groups in total. The summed E-state index contributed by atoms with van der Waals surface area (Å²) in [5.74, 6) is 1.41. The number of hydrogen-bond acceptors (Lipinski definition) is 3. The van der Waals surface area contributed by atoms with Gasteiger partial charge >= 0.3 is 0 Å². The van der Waals surface area contributed by atoms with Crippen molar-refractivity contribution in [1.82, 2.24) is 10.3 Å². The molecule has 0 aliphatic heterocycles. The normalized spacial score (nSPS) is 12.8. The van der Waals surface area contributed by atoms with Crippen LogP contribution in [0.15, 0.2) is 18.5 Å². The number of rotatable bonds is 7. The predicted octanol–water partition coefficient (Wildman–Crippen LogP) is 3.18. The van der Waals surface area contributed by atoms with Crippen molar-refractivity contribution < 1.29 is 4.74 Å². The van der Waals surface area contributed by atoms with Crippen LogP contribution in [0.3, 0.4) is 0 Å². The van der Waals surface area contributed by atoms with E-state index < -0.39 is 0 Å². The predicted molar refractivity (Wildman–Crippen MR) is 71.3 cm³/mol. The first-order valence-electron chi connectivity index (χ1n) is 6.50. The third-order valence-electron chi connectivity index (χ3n) is 2.66. The Bertz CT molecular complexity index is 326. The van der Waals surface area contributed by atoms with Crippen molar-refractivity contribution in [2.75, 3.05) is 13.2 Å². The zero-order chi connectivity index (χ0) is 12.7. The highest BCUT2D eigenvalue weighted by atomic mass is 16.5. The van der Waals surface area contributed by atoms with Crippen LogP contribution in [-0.4, -0.2) is 18.1 Å². The second-order valence-electron chi connectivity index (χ2n) is 4.58. The van der Waals surface area contributed by atoms with Gasteiger partial charge in [-0.05, 0) is 30.5 Å². The van der Waals surface area contributed by atoms with Crippen molar-refractivity contribution in [3.05, 3.63) is 24.0 Å². The molecule has 3 heteroatoms. The summed E-state index contributed by atoms with van der Waals surface area (Å²) in [5, 5.41) is 3.49. The van der Waals surface area contributed by atoms with Gasteiger partial charge in [-0.25, -0.2) is 0 Å². The highest BCUT2D eigenvalue weighted by Crippen LogP contribution is 2.23. The molecule has 3 nitrogen and oxygen atoms in total. The summed E-state index contributed by atoms with van der Waals surface area (Å²) >= 11 is 0. The Hall–Kier alpha value is -1.09. The standard InChI is InChI=1S/C14H24N2O/c1-5-7-17-13-8-12(9-15-10-13)14(11(3)4)16-6-2/h8-11,14,16H,5-7H2,1-4H3. The fourth-order valence-corrected chi connectivity index (χ4v) is 1.86. The van der Waals surface area contributed by atoms with Crippen LogP contribution < -0.4 is 10.1 Å². The molecule has 0 radical (unpaired) electrons. The summed E-state index contributed by atoms with van der Waals surface area (Å²) in [6, 6.07) is 2.44. The van der Waals surface area contributed by atoms with Crippen LogP contribution in [0.2, 0.25) is 0 Å². The van der Waals surface area contributed by atoms with Crippen LogP contribution >= 0.6 is 0 Å². The lowest BCUT2D eigenvalue weighted by Gasteiger charge is -2.22. The molecule has 0 fully saturated rings. The van der Waals surface area contributed by atoms with E-state index in [0.717, 1.165) is 25.3 Å². The first kappa shape index (κ1) is 14.0. The van der Waals surface area contributed by atoms with Crippen molar-refractivity contribution in [3.63, 3.8) is 0 Å². The third-order valence-corrected chi connectivity index (χ3v) is 2.66. The van der Waals surface area contributed by atoms with Gasteiger partial charge in [-0.3, -0.25) is 4.98 Å². The van der Waals surface area contributed by atoms with Crippen LogP contribution in [0.1, 0.15) is 45.7 Å². The molecule has 0 saturated heterocycles. The van der Waals surface area contributed by atoms with Gasteiger partial charge < -0.3 is 10.1 Å². The number of aromatic nitrogens is 1. The van der Waals surface area contributed by atoms with Gasteiger partial charge in [0.15, 0.2) is 0 Å². The van der Waals surface area contributed by atoms with Crippen LogP contribution in [-0.2, 0) is 0 Å². The maximum atomic E-state index is 5.61. The zero-order valence-corrected chi connectivity index (χ0v) is 11.4. The maximum absolute atomic E-state index is 5.61. The lowest BCUT2D eigenvalue weighted by molar-refractivity contribution is 0.314. The third kappa shape index (κ3) is 4.35. The molecule has 1 aromatic rings. The smallest absolute Gasteiger partial charge is 0.137 e. The van der Waals surface area contributed by atoms with E-state index in [1.165, 1.54) is 5.56 Å². The summed E-state index contributed by atoms with van der Waals surface area (Å²) < 4.78 is 5.61. The number of nitrogens with one attached hydrogen (secondary N) is 1. The number of ether oxygens (including phenoxy) is 1. The summed E-state index contributed by atoms with van der Waals surface area (Å²) in [6.45, 7) is 10.4. The van der Waals surface area contributed by atoms with E-state index in [9.17, 15) is 0 Å². The summed E-state index contributed by atoms with van der Waals surface area (Å²) in [5.41, 5.74) is 1.20. The molecular formula is C14H24N2O. The number of nitrogens with zero attached hydrogens (tertiary/aromatic N) is 1. The molecule has 0 amide bonds.